The molecule has 1 aromatic carbocycles. The number of carbonyl (C=O) groups is 1. The van der Waals surface area contributed by atoms with Crippen molar-refractivity contribution in [3.63, 3.8) is 0 Å². The highest BCUT2D eigenvalue weighted by atomic mass is 19.3. The number of ether oxygens (including phenoxy) is 1. The molecule has 2 aliphatic heterocycles. The molecule has 3 aromatic rings. The number of rotatable bonds is 5. The highest BCUT2D eigenvalue weighted by Crippen LogP contribution is 2.31. The molecular formula is C24H25F3N6O2. The Kier molecular flexibility index (Phi) is 6.18. The van der Waals surface area contributed by atoms with E-state index in [0.717, 1.165) is 29.8 Å². The Morgan fingerprint density at radius 1 is 1.14 bits per heavy atom. The molecule has 4 heterocycles. The fourth-order valence-electron chi connectivity index (χ4n) is 4.56. The number of aromatic nitrogens is 4. The number of halogens is 3. The van der Waals surface area contributed by atoms with Gasteiger partial charge < -0.3 is 19.5 Å². The number of benzene rings is 1. The second-order valence-corrected chi connectivity index (χ2v) is 8.83. The van der Waals surface area contributed by atoms with E-state index in [1.54, 1.807) is 30.5 Å². The second-order valence-electron chi connectivity index (χ2n) is 8.83. The van der Waals surface area contributed by atoms with E-state index in [9.17, 15) is 18.0 Å². The topological polar surface area (TPSA) is 85.2 Å². The van der Waals surface area contributed by atoms with Crippen LogP contribution in [0.5, 0.6) is 0 Å². The van der Waals surface area contributed by atoms with E-state index in [1.807, 2.05) is 11.5 Å². The maximum atomic E-state index is 14.8. The number of hydrogen-bond donors (Lipinski definition) is 1. The highest BCUT2D eigenvalue weighted by molar-refractivity contribution is 5.94. The molecule has 35 heavy (non-hydrogen) atoms. The lowest BCUT2D eigenvalue weighted by Crippen LogP contribution is -2.31. The molecule has 2 saturated heterocycles. The van der Waals surface area contributed by atoms with E-state index in [4.69, 9.17) is 4.74 Å². The van der Waals surface area contributed by atoms with Crippen LogP contribution in [0, 0.1) is 12.7 Å². The van der Waals surface area contributed by atoms with Crippen molar-refractivity contribution in [2.45, 2.75) is 38.2 Å². The molecule has 0 unspecified atom stereocenters. The van der Waals surface area contributed by atoms with Crippen LogP contribution in [0.15, 0.2) is 36.7 Å². The Labute approximate surface area is 200 Å². The minimum absolute atomic E-state index is 0.0297. The molecule has 2 fully saturated rings. The minimum atomic E-state index is -2.84. The van der Waals surface area contributed by atoms with E-state index >= 15 is 0 Å². The largest absolute Gasteiger partial charge is 0.381 e. The summed E-state index contributed by atoms with van der Waals surface area (Å²) in [6.07, 6.45) is 4.01. The molecule has 1 amide bonds. The van der Waals surface area contributed by atoms with Gasteiger partial charge in [-0.25, -0.2) is 28.1 Å². The van der Waals surface area contributed by atoms with Crippen molar-refractivity contribution >= 4 is 17.5 Å². The van der Waals surface area contributed by atoms with Crippen LogP contribution in [-0.4, -0.2) is 62.6 Å². The molecule has 5 rings (SSSR count). The van der Waals surface area contributed by atoms with Gasteiger partial charge >= 0.3 is 0 Å². The number of nitrogens with one attached hydrogen (secondary N) is 1. The summed E-state index contributed by atoms with van der Waals surface area (Å²) < 4.78 is 49.1. The fraction of sp³-hybridized carbons (Fsp3) is 0.417. The van der Waals surface area contributed by atoms with Gasteiger partial charge in [0.05, 0.1) is 24.6 Å². The second kappa shape index (κ2) is 9.29. The SMILES string of the molecule is Cc1ncc(-c2nc(Nc3ccc(C(=O)N4CCC(F)(F)C4)cc3)ncc2F)n1C1CCOCC1. The predicted molar refractivity (Wildman–Crippen MR) is 122 cm³/mol. The van der Waals surface area contributed by atoms with E-state index in [-0.39, 0.29) is 30.6 Å². The number of likely N-dealkylation sites (tertiary alicyclic amines) is 1. The first-order valence-corrected chi connectivity index (χ1v) is 11.5. The molecule has 0 spiro atoms. The standard InChI is InChI=1S/C24H25F3N6O2/c1-15-28-13-20(33(15)18-6-10-35-11-7-18)21-19(25)12-29-23(31-21)30-17-4-2-16(3-5-17)22(34)32-9-8-24(26,27)14-32/h2-5,12-13,18H,6-11,14H2,1H3,(H,29,30,31). The maximum Gasteiger partial charge on any atom is 0.267 e. The molecule has 0 saturated carbocycles. The molecule has 2 aliphatic rings. The normalized spacial score (nSPS) is 18.1. The maximum absolute atomic E-state index is 14.8. The van der Waals surface area contributed by atoms with Gasteiger partial charge in [0.2, 0.25) is 5.95 Å². The molecular weight excluding hydrogens is 461 g/mol. The third-order valence-corrected chi connectivity index (χ3v) is 6.37. The number of aryl methyl sites for hydroxylation is 1. The number of carbonyl (C=O) groups excluding carboxylic acids is 1. The molecule has 184 valence electrons. The molecule has 0 bridgehead atoms. The van der Waals surface area contributed by atoms with E-state index < -0.39 is 24.2 Å². The molecule has 11 heteroatoms. The summed E-state index contributed by atoms with van der Waals surface area (Å²) in [5, 5.41) is 3.01. The van der Waals surface area contributed by atoms with Crippen molar-refractivity contribution < 1.29 is 22.7 Å². The van der Waals surface area contributed by atoms with Crippen molar-refractivity contribution in [1.82, 2.24) is 24.4 Å². The molecule has 8 nitrogen and oxygen atoms in total. The molecule has 1 N–H and O–H groups in total. The zero-order valence-electron chi connectivity index (χ0n) is 19.2. The Balaban J connectivity index is 1.34. The van der Waals surface area contributed by atoms with Crippen LogP contribution in [0.4, 0.5) is 24.8 Å². The lowest BCUT2D eigenvalue weighted by molar-refractivity contribution is 0.0120. The number of amides is 1. The molecule has 0 atom stereocenters. The van der Waals surface area contributed by atoms with Crippen molar-refractivity contribution in [3.8, 4) is 11.4 Å². The van der Waals surface area contributed by atoms with Crippen molar-refractivity contribution in [1.29, 1.82) is 0 Å². The molecule has 0 aliphatic carbocycles. The van der Waals surface area contributed by atoms with E-state index in [2.05, 4.69) is 20.3 Å². The summed E-state index contributed by atoms with van der Waals surface area (Å²) >= 11 is 0. The summed E-state index contributed by atoms with van der Waals surface area (Å²) in [6.45, 7) is 2.62. The summed E-state index contributed by atoms with van der Waals surface area (Å²) in [7, 11) is 0. The van der Waals surface area contributed by atoms with Crippen LogP contribution in [0.1, 0.15) is 41.5 Å². The van der Waals surface area contributed by atoms with Crippen LogP contribution in [0.2, 0.25) is 0 Å². The van der Waals surface area contributed by atoms with E-state index in [0.29, 0.717) is 30.2 Å². The van der Waals surface area contributed by atoms with Crippen molar-refractivity contribution in [2.24, 2.45) is 0 Å². The average Bonchev–Trinajstić information content (AvgIpc) is 3.42. The predicted octanol–water partition coefficient (Wildman–Crippen LogP) is 4.36. The Morgan fingerprint density at radius 2 is 1.89 bits per heavy atom. The Bertz CT molecular complexity index is 1220. The van der Waals surface area contributed by atoms with Crippen LogP contribution in [0.25, 0.3) is 11.4 Å². The van der Waals surface area contributed by atoms with Crippen LogP contribution < -0.4 is 5.32 Å². The van der Waals surface area contributed by atoms with Gasteiger partial charge in [-0.2, -0.15) is 0 Å². The molecule has 0 radical (unpaired) electrons. The van der Waals surface area contributed by atoms with Gasteiger partial charge in [-0.15, -0.1) is 0 Å². The number of anilines is 2. The lowest BCUT2D eigenvalue weighted by atomic mass is 10.1. The van der Waals surface area contributed by atoms with Crippen molar-refractivity contribution in [2.75, 3.05) is 31.6 Å². The zero-order chi connectivity index (χ0) is 24.6. The van der Waals surface area contributed by atoms with Gasteiger partial charge in [0.1, 0.15) is 11.5 Å². The van der Waals surface area contributed by atoms with Gasteiger partial charge in [0, 0.05) is 43.5 Å². The van der Waals surface area contributed by atoms with Crippen molar-refractivity contribution in [3.05, 3.63) is 53.9 Å². The number of alkyl halides is 2. The van der Waals surface area contributed by atoms with Crippen LogP contribution >= 0.6 is 0 Å². The number of imidazole rings is 1. The fourth-order valence-corrected chi connectivity index (χ4v) is 4.56. The van der Waals surface area contributed by atoms with Gasteiger partial charge in [-0.3, -0.25) is 4.79 Å². The zero-order valence-corrected chi connectivity index (χ0v) is 19.2. The highest BCUT2D eigenvalue weighted by Gasteiger charge is 2.40. The van der Waals surface area contributed by atoms with Gasteiger partial charge in [-0.1, -0.05) is 0 Å². The van der Waals surface area contributed by atoms with Crippen LogP contribution in [-0.2, 0) is 4.74 Å². The third-order valence-electron chi connectivity index (χ3n) is 6.37. The summed E-state index contributed by atoms with van der Waals surface area (Å²) in [5.74, 6) is -2.89. The first-order chi connectivity index (χ1) is 16.8. The monoisotopic (exact) mass is 486 g/mol. The lowest BCUT2D eigenvalue weighted by Gasteiger charge is -2.26. The summed E-state index contributed by atoms with van der Waals surface area (Å²) in [5.41, 5.74) is 1.59. The molecule has 2 aromatic heterocycles. The average molecular weight is 486 g/mol. The number of nitrogens with zero attached hydrogens (tertiary/aromatic N) is 5. The Morgan fingerprint density at radius 3 is 2.57 bits per heavy atom. The van der Waals surface area contributed by atoms with Gasteiger partial charge in [0.15, 0.2) is 5.82 Å². The first kappa shape index (κ1) is 23.3. The first-order valence-electron chi connectivity index (χ1n) is 11.5. The quantitative estimate of drug-likeness (QED) is 0.577. The summed E-state index contributed by atoms with van der Waals surface area (Å²) in [4.78, 5) is 26.5. The van der Waals surface area contributed by atoms with Gasteiger partial charge in [0.25, 0.3) is 11.8 Å². The van der Waals surface area contributed by atoms with Crippen LogP contribution in [0.3, 0.4) is 0 Å². The third kappa shape index (κ3) is 4.86. The minimum Gasteiger partial charge on any atom is -0.381 e. The van der Waals surface area contributed by atoms with Gasteiger partial charge in [-0.05, 0) is 44.0 Å². The van der Waals surface area contributed by atoms with E-state index in [1.165, 1.54) is 0 Å². The Hall–Kier alpha value is -3.47. The number of hydrogen-bond acceptors (Lipinski definition) is 6. The summed E-state index contributed by atoms with van der Waals surface area (Å²) in [6, 6.07) is 6.51. The smallest absolute Gasteiger partial charge is 0.267 e.